The summed E-state index contributed by atoms with van der Waals surface area (Å²) in [6.07, 6.45) is 7.85. The number of imidazole rings is 1. The van der Waals surface area contributed by atoms with Crippen molar-refractivity contribution in [1.82, 2.24) is 15.3 Å². The fourth-order valence-corrected chi connectivity index (χ4v) is 1.61. The van der Waals surface area contributed by atoms with Gasteiger partial charge in [0.05, 0.1) is 6.54 Å². The molecule has 4 heteroatoms. The molecule has 1 heterocycles. The van der Waals surface area contributed by atoms with E-state index in [4.69, 9.17) is 0 Å². The van der Waals surface area contributed by atoms with Gasteiger partial charge in [0, 0.05) is 18.8 Å². The van der Waals surface area contributed by atoms with Crippen molar-refractivity contribution in [3.8, 4) is 0 Å². The van der Waals surface area contributed by atoms with E-state index in [1.54, 1.807) is 12.4 Å². The van der Waals surface area contributed by atoms with E-state index in [0.717, 1.165) is 5.82 Å². The van der Waals surface area contributed by atoms with E-state index in [2.05, 4.69) is 15.3 Å². The summed E-state index contributed by atoms with van der Waals surface area (Å²) in [7, 11) is 0. The molecule has 2 N–H and O–H groups in total. The normalized spacial score (nSPS) is 16.3. The van der Waals surface area contributed by atoms with Gasteiger partial charge in [0.25, 0.3) is 0 Å². The van der Waals surface area contributed by atoms with Gasteiger partial charge in [-0.15, -0.1) is 0 Å². The fraction of sp³-hybridized carbons (Fsp3) is 0.600. The van der Waals surface area contributed by atoms with Crippen LogP contribution in [-0.4, -0.2) is 15.9 Å². The summed E-state index contributed by atoms with van der Waals surface area (Å²) in [6, 6.07) is 0. The molecule has 4 nitrogen and oxygen atoms in total. The van der Waals surface area contributed by atoms with Crippen LogP contribution in [0.15, 0.2) is 12.4 Å². The van der Waals surface area contributed by atoms with Crippen LogP contribution in [0.3, 0.4) is 0 Å². The summed E-state index contributed by atoms with van der Waals surface area (Å²) in [6.45, 7) is 0.512. The molecule has 1 aromatic heterocycles. The van der Waals surface area contributed by atoms with Gasteiger partial charge in [-0.1, -0.05) is 6.42 Å². The number of aromatic nitrogens is 2. The smallest absolute Gasteiger partial charge is 0.220 e. The first-order valence-electron chi connectivity index (χ1n) is 5.09. The molecule has 0 unspecified atom stereocenters. The maximum absolute atomic E-state index is 11.4. The minimum absolute atomic E-state index is 0.145. The van der Waals surface area contributed by atoms with Crippen molar-refractivity contribution in [1.29, 1.82) is 0 Å². The highest BCUT2D eigenvalue weighted by Gasteiger charge is 2.20. The number of nitrogens with zero attached hydrogens (tertiary/aromatic N) is 1. The SMILES string of the molecule is O=C(CC1CCC1)NCc1ncc[nH]1. The molecule has 14 heavy (non-hydrogen) atoms. The molecule has 1 amide bonds. The summed E-state index contributed by atoms with van der Waals surface area (Å²) in [5, 5.41) is 2.85. The Kier molecular flexibility index (Phi) is 2.81. The topological polar surface area (TPSA) is 57.8 Å². The van der Waals surface area contributed by atoms with Crippen molar-refractivity contribution in [2.75, 3.05) is 0 Å². The number of hydrogen-bond acceptors (Lipinski definition) is 2. The Morgan fingerprint density at radius 3 is 3.07 bits per heavy atom. The Morgan fingerprint density at radius 1 is 1.64 bits per heavy atom. The number of rotatable bonds is 4. The molecule has 1 aliphatic carbocycles. The second-order valence-electron chi connectivity index (χ2n) is 3.81. The highest BCUT2D eigenvalue weighted by molar-refractivity contribution is 5.76. The summed E-state index contributed by atoms with van der Waals surface area (Å²) in [4.78, 5) is 18.4. The zero-order valence-electron chi connectivity index (χ0n) is 8.12. The molecule has 0 bridgehead atoms. The molecule has 0 spiro atoms. The summed E-state index contributed by atoms with van der Waals surface area (Å²) < 4.78 is 0. The Morgan fingerprint density at radius 2 is 2.50 bits per heavy atom. The second-order valence-corrected chi connectivity index (χ2v) is 3.81. The Balaban J connectivity index is 1.67. The Labute approximate surface area is 83.1 Å². The average molecular weight is 193 g/mol. The van der Waals surface area contributed by atoms with Crippen LogP contribution in [0.25, 0.3) is 0 Å². The zero-order chi connectivity index (χ0) is 9.80. The van der Waals surface area contributed by atoms with Gasteiger partial charge in [-0.25, -0.2) is 4.98 Å². The van der Waals surface area contributed by atoms with Crippen LogP contribution in [0.5, 0.6) is 0 Å². The predicted molar refractivity (Wildman–Crippen MR) is 52.4 cm³/mol. The van der Waals surface area contributed by atoms with Crippen LogP contribution in [0.4, 0.5) is 0 Å². The zero-order valence-corrected chi connectivity index (χ0v) is 8.12. The lowest BCUT2D eigenvalue weighted by Gasteiger charge is -2.24. The van der Waals surface area contributed by atoms with Gasteiger partial charge in [0.1, 0.15) is 5.82 Å². The van der Waals surface area contributed by atoms with Crippen LogP contribution in [-0.2, 0) is 11.3 Å². The van der Waals surface area contributed by atoms with Crippen molar-refractivity contribution in [2.45, 2.75) is 32.2 Å². The van der Waals surface area contributed by atoms with Gasteiger partial charge < -0.3 is 10.3 Å². The maximum Gasteiger partial charge on any atom is 0.220 e. The fourth-order valence-electron chi connectivity index (χ4n) is 1.61. The molecule has 0 atom stereocenters. The highest BCUT2D eigenvalue weighted by atomic mass is 16.1. The van der Waals surface area contributed by atoms with Gasteiger partial charge in [-0.05, 0) is 18.8 Å². The third-order valence-corrected chi connectivity index (χ3v) is 2.71. The molecule has 1 fully saturated rings. The van der Waals surface area contributed by atoms with E-state index in [9.17, 15) is 4.79 Å². The molecular weight excluding hydrogens is 178 g/mol. The maximum atomic E-state index is 11.4. The van der Waals surface area contributed by atoms with Crippen molar-refractivity contribution in [3.63, 3.8) is 0 Å². The van der Waals surface area contributed by atoms with Crippen LogP contribution < -0.4 is 5.32 Å². The van der Waals surface area contributed by atoms with Gasteiger partial charge in [0.2, 0.25) is 5.91 Å². The van der Waals surface area contributed by atoms with Gasteiger partial charge in [-0.2, -0.15) is 0 Å². The lowest BCUT2D eigenvalue weighted by atomic mass is 9.83. The third kappa shape index (κ3) is 2.34. The molecule has 0 aromatic carbocycles. The van der Waals surface area contributed by atoms with E-state index in [0.29, 0.717) is 18.9 Å². The predicted octanol–water partition coefficient (Wildman–Crippen LogP) is 1.22. The first kappa shape index (κ1) is 9.24. The standard InChI is InChI=1S/C10H15N3O/c14-10(6-8-2-1-3-8)13-7-9-11-4-5-12-9/h4-5,8H,1-3,6-7H2,(H,11,12)(H,13,14). The molecule has 2 rings (SSSR count). The van der Waals surface area contributed by atoms with E-state index in [1.165, 1.54) is 19.3 Å². The van der Waals surface area contributed by atoms with Gasteiger partial charge in [0.15, 0.2) is 0 Å². The number of H-pyrrole nitrogens is 1. The van der Waals surface area contributed by atoms with E-state index >= 15 is 0 Å². The minimum Gasteiger partial charge on any atom is -0.349 e. The van der Waals surface area contributed by atoms with Crippen LogP contribution in [0, 0.1) is 5.92 Å². The van der Waals surface area contributed by atoms with Crippen molar-refractivity contribution < 1.29 is 4.79 Å². The monoisotopic (exact) mass is 193 g/mol. The van der Waals surface area contributed by atoms with E-state index in [-0.39, 0.29) is 5.91 Å². The number of hydrogen-bond donors (Lipinski definition) is 2. The molecule has 1 aliphatic rings. The molecule has 0 aliphatic heterocycles. The van der Waals surface area contributed by atoms with Crippen molar-refractivity contribution in [2.24, 2.45) is 5.92 Å². The quantitative estimate of drug-likeness (QED) is 0.755. The van der Waals surface area contributed by atoms with E-state index < -0.39 is 0 Å². The Hall–Kier alpha value is -1.32. The van der Waals surface area contributed by atoms with Gasteiger partial charge in [-0.3, -0.25) is 4.79 Å². The number of aromatic amines is 1. The van der Waals surface area contributed by atoms with Crippen molar-refractivity contribution >= 4 is 5.91 Å². The van der Waals surface area contributed by atoms with Crippen LogP contribution in [0.1, 0.15) is 31.5 Å². The number of nitrogens with one attached hydrogen (secondary N) is 2. The van der Waals surface area contributed by atoms with E-state index in [1.807, 2.05) is 0 Å². The average Bonchev–Trinajstić information content (AvgIpc) is 2.60. The summed E-state index contributed by atoms with van der Waals surface area (Å²) in [5.74, 6) is 1.59. The Bertz CT molecular complexity index is 290. The molecular formula is C10H15N3O. The molecule has 0 radical (unpaired) electrons. The first-order chi connectivity index (χ1) is 6.84. The number of carbonyl (C=O) groups excluding carboxylic acids is 1. The largest absolute Gasteiger partial charge is 0.349 e. The second kappa shape index (κ2) is 4.26. The molecule has 1 aromatic rings. The summed E-state index contributed by atoms with van der Waals surface area (Å²) >= 11 is 0. The lowest BCUT2D eigenvalue weighted by Crippen LogP contribution is -2.27. The van der Waals surface area contributed by atoms with Crippen LogP contribution in [0.2, 0.25) is 0 Å². The number of carbonyl (C=O) groups is 1. The molecule has 1 saturated carbocycles. The van der Waals surface area contributed by atoms with Crippen LogP contribution >= 0.6 is 0 Å². The molecule has 0 saturated heterocycles. The third-order valence-electron chi connectivity index (χ3n) is 2.71. The summed E-state index contributed by atoms with van der Waals surface area (Å²) in [5.41, 5.74) is 0. The lowest BCUT2D eigenvalue weighted by molar-refractivity contribution is -0.122. The first-order valence-corrected chi connectivity index (χ1v) is 5.09. The molecule has 76 valence electrons. The minimum atomic E-state index is 0.145. The van der Waals surface area contributed by atoms with Gasteiger partial charge >= 0.3 is 0 Å². The highest BCUT2D eigenvalue weighted by Crippen LogP contribution is 2.28. The van der Waals surface area contributed by atoms with Crippen molar-refractivity contribution in [3.05, 3.63) is 18.2 Å². The number of amides is 1.